The molecule has 0 saturated carbocycles. The lowest BCUT2D eigenvalue weighted by Gasteiger charge is -2.17. The predicted octanol–water partition coefficient (Wildman–Crippen LogP) is 10.2. The molecule has 0 aromatic heterocycles. The highest BCUT2D eigenvalue weighted by Crippen LogP contribution is 2.39. The Morgan fingerprint density at radius 2 is 1.30 bits per heavy atom. The van der Waals surface area contributed by atoms with Crippen molar-refractivity contribution in [1.29, 1.82) is 0 Å². The summed E-state index contributed by atoms with van der Waals surface area (Å²) in [5, 5.41) is 0. The van der Waals surface area contributed by atoms with Crippen LogP contribution in [0.5, 0.6) is 5.75 Å². The van der Waals surface area contributed by atoms with Crippen molar-refractivity contribution in [2.45, 2.75) is 51.6 Å². The summed E-state index contributed by atoms with van der Waals surface area (Å²) in [6.07, 6.45) is -3.44. The van der Waals surface area contributed by atoms with Gasteiger partial charge in [-0.2, -0.15) is 13.2 Å². The zero-order valence-electron chi connectivity index (χ0n) is 22.5. The lowest BCUT2D eigenvalue weighted by atomic mass is 9.92. The molecule has 40 heavy (non-hydrogen) atoms. The van der Waals surface area contributed by atoms with E-state index in [0.717, 1.165) is 12.8 Å². The van der Waals surface area contributed by atoms with Crippen molar-refractivity contribution >= 4 is 0 Å². The van der Waals surface area contributed by atoms with Crippen LogP contribution in [-0.4, -0.2) is 7.11 Å². The Balaban J connectivity index is 1.57. The van der Waals surface area contributed by atoms with Crippen molar-refractivity contribution in [3.63, 3.8) is 0 Å². The average Bonchev–Trinajstić information content (AvgIpc) is 2.91. The van der Waals surface area contributed by atoms with E-state index in [-0.39, 0.29) is 46.8 Å². The first kappa shape index (κ1) is 29.2. The Morgan fingerprint density at radius 1 is 0.725 bits per heavy atom. The van der Waals surface area contributed by atoms with Crippen LogP contribution in [-0.2, 0) is 19.0 Å². The summed E-state index contributed by atoms with van der Waals surface area (Å²) >= 11 is 0. The lowest BCUT2D eigenvalue weighted by molar-refractivity contribution is -0.140. The molecular weight excluding hydrogens is 526 g/mol. The molecule has 7 heteroatoms. The summed E-state index contributed by atoms with van der Waals surface area (Å²) in [5.41, 5.74) is 0.235. The van der Waals surface area contributed by atoms with Gasteiger partial charge in [0.25, 0.3) is 0 Å². The molecule has 0 aliphatic rings. The van der Waals surface area contributed by atoms with E-state index in [4.69, 9.17) is 4.74 Å². The Bertz CT molecular complexity index is 1470. The van der Waals surface area contributed by atoms with Crippen molar-refractivity contribution in [3.05, 3.63) is 113 Å². The first-order chi connectivity index (χ1) is 19.0. The summed E-state index contributed by atoms with van der Waals surface area (Å²) < 4.78 is 91.9. The Morgan fingerprint density at radius 3 is 1.88 bits per heavy atom. The van der Waals surface area contributed by atoms with Gasteiger partial charge in [0.2, 0.25) is 0 Å². The van der Waals surface area contributed by atoms with Crippen LogP contribution in [0.3, 0.4) is 0 Å². The second-order valence-electron chi connectivity index (χ2n) is 9.92. The maximum atomic E-state index is 15.2. The van der Waals surface area contributed by atoms with Gasteiger partial charge in [0, 0.05) is 5.56 Å². The molecule has 0 saturated heterocycles. The largest absolute Gasteiger partial charge is 0.497 e. The molecule has 0 bridgehead atoms. The van der Waals surface area contributed by atoms with Crippen molar-refractivity contribution < 1.29 is 31.1 Å². The van der Waals surface area contributed by atoms with Gasteiger partial charge in [-0.05, 0) is 82.8 Å². The summed E-state index contributed by atoms with van der Waals surface area (Å²) in [5.74, 6) is -1.79. The van der Waals surface area contributed by atoms with Crippen LogP contribution in [0, 0.1) is 17.5 Å². The van der Waals surface area contributed by atoms with Gasteiger partial charge in [-0.15, -0.1) is 0 Å². The number of hydrogen-bond donors (Lipinski definition) is 0. The zero-order chi connectivity index (χ0) is 29.0. The molecular formula is C33H30F6O. The summed E-state index contributed by atoms with van der Waals surface area (Å²) in [6, 6.07) is 17.8. The summed E-state index contributed by atoms with van der Waals surface area (Å²) in [6.45, 7) is 3.99. The molecule has 0 amide bonds. The van der Waals surface area contributed by atoms with Crippen LogP contribution in [0.2, 0.25) is 0 Å². The number of aryl methyl sites for hydroxylation is 2. The van der Waals surface area contributed by atoms with Gasteiger partial charge in [-0.25, -0.2) is 13.2 Å². The molecule has 0 heterocycles. The molecule has 1 nitrogen and oxygen atoms in total. The fourth-order valence-corrected chi connectivity index (χ4v) is 5.02. The molecule has 1 unspecified atom stereocenters. The van der Waals surface area contributed by atoms with Crippen LogP contribution < -0.4 is 4.74 Å². The topological polar surface area (TPSA) is 9.23 Å². The number of alkyl halides is 3. The van der Waals surface area contributed by atoms with Crippen molar-refractivity contribution in [2.24, 2.45) is 0 Å². The molecule has 1 atom stereocenters. The monoisotopic (exact) mass is 556 g/mol. The minimum absolute atomic E-state index is 0.0647. The van der Waals surface area contributed by atoms with E-state index in [1.165, 1.54) is 61.7 Å². The van der Waals surface area contributed by atoms with Crippen LogP contribution in [0.15, 0.2) is 72.8 Å². The molecule has 0 radical (unpaired) electrons. The minimum atomic E-state index is -4.94. The van der Waals surface area contributed by atoms with Crippen LogP contribution in [0.1, 0.15) is 54.9 Å². The fraction of sp³-hybridized carbons (Fsp3) is 0.273. The Labute approximate surface area is 230 Å². The van der Waals surface area contributed by atoms with Gasteiger partial charge in [0.15, 0.2) is 0 Å². The molecule has 0 spiro atoms. The predicted molar refractivity (Wildman–Crippen MR) is 146 cm³/mol. The number of hydrogen-bond acceptors (Lipinski definition) is 1. The number of methoxy groups -OCH3 is 1. The fourth-order valence-electron chi connectivity index (χ4n) is 5.02. The molecule has 4 aromatic carbocycles. The minimum Gasteiger partial charge on any atom is -0.497 e. The van der Waals surface area contributed by atoms with Gasteiger partial charge in [-0.3, -0.25) is 0 Å². The van der Waals surface area contributed by atoms with Gasteiger partial charge in [0.05, 0.1) is 12.7 Å². The van der Waals surface area contributed by atoms with Gasteiger partial charge < -0.3 is 4.74 Å². The quantitative estimate of drug-likeness (QED) is 0.186. The highest BCUT2D eigenvalue weighted by Gasteiger charge is 2.38. The summed E-state index contributed by atoms with van der Waals surface area (Å²) in [4.78, 5) is 0. The highest BCUT2D eigenvalue weighted by atomic mass is 19.4. The standard InChI is InChI=1S/C33H30F6O/c1-4-5-20(2)27-16-13-25(19-30(27)35)24-9-7-22(29(34)18-24)6-8-23-12-17-28(32(36)31(23)33(37,38)39)21-10-14-26(40-3)15-11-21/h7,9-20H,4-6,8H2,1-3H3. The SMILES string of the molecule is CCCC(C)c1ccc(-c2ccc(CCc3ccc(-c4ccc(OC)cc4)c(F)c3C(F)(F)F)c(F)c2)cc1F. The third-order valence-electron chi connectivity index (χ3n) is 7.22. The summed E-state index contributed by atoms with van der Waals surface area (Å²) in [7, 11) is 1.45. The number of ether oxygens (including phenoxy) is 1. The van der Waals surface area contributed by atoms with Gasteiger partial charge in [-0.1, -0.05) is 68.8 Å². The van der Waals surface area contributed by atoms with Crippen molar-refractivity contribution in [3.8, 4) is 28.0 Å². The zero-order valence-corrected chi connectivity index (χ0v) is 22.5. The van der Waals surface area contributed by atoms with Crippen molar-refractivity contribution in [2.75, 3.05) is 7.11 Å². The van der Waals surface area contributed by atoms with Gasteiger partial charge in [0.1, 0.15) is 23.2 Å². The lowest BCUT2D eigenvalue weighted by Crippen LogP contribution is -2.14. The Hall–Kier alpha value is -3.74. The molecule has 4 aromatic rings. The van der Waals surface area contributed by atoms with E-state index < -0.39 is 23.4 Å². The van der Waals surface area contributed by atoms with E-state index in [0.29, 0.717) is 22.4 Å². The third-order valence-corrected chi connectivity index (χ3v) is 7.22. The van der Waals surface area contributed by atoms with Crippen LogP contribution >= 0.6 is 0 Å². The smallest absolute Gasteiger partial charge is 0.419 e. The number of halogens is 6. The van der Waals surface area contributed by atoms with Crippen LogP contribution in [0.4, 0.5) is 26.3 Å². The molecule has 210 valence electrons. The first-order valence-electron chi connectivity index (χ1n) is 13.1. The molecule has 0 aliphatic carbocycles. The maximum Gasteiger partial charge on any atom is 0.419 e. The molecule has 0 N–H and O–H groups in total. The van der Waals surface area contributed by atoms with E-state index in [1.54, 1.807) is 18.2 Å². The normalized spacial score (nSPS) is 12.4. The van der Waals surface area contributed by atoms with Crippen molar-refractivity contribution in [1.82, 2.24) is 0 Å². The van der Waals surface area contributed by atoms with Crippen LogP contribution in [0.25, 0.3) is 22.3 Å². The van der Waals surface area contributed by atoms with Gasteiger partial charge >= 0.3 is 6.18 Å². The average molecular weight is 557 g/mol. The highest BCUT2D eigenvalue weighted by molar-refractivity contribution is 5.67. The molecule has 0 fully saturated rings. The second-order valence-corrected chi connectivity index (χ2v) is 9.92. The van der Waals surface area contributed by atoms with E-state index in [2.05, 4.69) is 0 Å². The Kier molecular flexibility index (Phi) is 8.92. The van der Waals surface area contributed by atoms with E-state index in [1.807, 2.05) is 13.8 Å². The molecule has 0 aliphatic heterocycles. The first-order valence-corrected chi connectivity index (χ1v) is 13.1. The number of rotatable bonds is 9. The maximum absolute atomic E-state index is 15.2. The van der Waals surface area contributed by atoms with E-state index >= 15 is 8.78 Å². The third kappa shape index (κ3) is 6.35. The van der Waals surface area contributed by atoms with E-state index in [9.17, 15) is 17.6 Å². The second kappa shape index (κ2) is 12.2. The number of benzene rings is 4. The molecule has 4 rings (SSSR count).